The van der Waals surface area contributed by atoms with Gasteiger partial charge in [-0.1, -0.05) is 12.1 Å². The number of ether oxygens (including phenoxy) is 1. The lowest BCUT2D eigenvalue weighted by molar-refractivity contribution is 0.0904. The van der Waals surface area contributed by atoms with Gasteiger partial charge in [-0.15, -0.1) is 5.10 Å². The number of fused-ring (bicyclic) bond motifs is 1. The van der Waals surface area contributed by atoms with E-state index in [-0.39, 0.29) is 0 Å². The van der Waals surface area contributed by atoms with Gasteiger partial charge in [0.2, 0.25) is 0 Å². The quantitative estimate of drug-likeness (QED) is 0.497. The van der Waals surface area contributed by atoms with E-state index in [9.17, 15) is 0 Å². The molecule has 0 amide bonds. The molecule has 1 saturated heterocycles. The maximum atomic E-state index is 9.12. The van der Waals surface area contributed by atoms with Crippen molar-refractivity contribution >= 4 is 16.9 Å². The van der Waals surface area contributed by atoms with Crippen LogP contribution in [0.1, 0.15) is 31.7 Å². The highest BCUT2D eigenvalue weighted by Crippen LogP contribution is 2.30. The van der Waals surface area contributed by atoms with Gasteiger partial charge in [-0.3, -0.25) is 9.25 Å². The zero-order valence-corrected chi connectivity index (χ0v) is 17.8. The number of aromatic nitrogens is 7. The molecule has 1 aliphatic heterocycles. The van der Waals surface area contributed by atoms with Crippen LogP contribution < -0.4 is 5.32 Å². The molecule has 4 aromatic rings. The van der Waals surface area contributed by atoms with Gasteiger partial charge < -0.3 is 10.1 Å². The van der Waals surface area contributed by atoms with Crippen molar-refractivity contribution in [2.75, 3.05) is 18.5 Å². The van der Waals surface area contributed by atoms with Gasteiger partial charge in [0.05, 0.1) is 11.8 Å². The van der Waals surface area contributed by atoms with Gasteiger partial charge in [-0.05, 0) is 25.3 Å². The molecule has 1 fully saturated rings. The topological polar surface area (TPSA) is 119 Å². The van der Waals surface area contributed by atoms with Gasteiger partial charge in [-0.25, -0.2) is 15.0 Å². The van der Waals surface area contributed by atoms with Gasteiger partial charge in [0, 0.05) is 55.5 Å². The van der Waals surface area contributed by atoms with Gasteiger partial charge in [-0.2, -0.15) is 5.26 Å². The highest BCUT2D eigenvalue weighted by atomic mass is 16.5. The van der Waals surface area contributed by atoms with Gasteiger partial charge >= 0.3 is 0 Å². The predicted octanol–water partition coefficient (Wildman–Crippen LogP) is 2.95. The summed E-state index contributed by atoms with van der Waals surface area (Å²) in [6.07, 6.45) is 9.85. The van der Waals surface area contributed by atoms with Crippen molar-refractivity contribution in [3.8, 4) is 23.1 Å². The minimum absolute atomic E-state index is 0.305. The molecule has 0 saturated carbocycles. The number of aryl methyl sites for hydroxylation is 1. The minimum atomic E-state index is 0.305. The second-order valence-electron chi connectivity index (χ2n) is 7.78. The molecule has 0 spiro atoms. The van der Waals surface area contributed by atoms with Gasteiger partial charge in [0.1, 0.15) is 29.4 Å². The predicted molar refractivity (Wildman–Crippen MR) is 118 cm³/mol. The number of nitrogens with zero attached hydrogens (tertiary/aromatic N) is 8. The lowest BCUT2D eigenvalue weighted by Gasteiger charge is -2.25. The summed E-state index contributed by atoms with van der Waals surface area (Å²) in [6.45, 7) is 4.42. The lowest BCUT2D eigenvalue weighted by Crippen LogP contribution is -2.28. The Morgan fingerprint density at radius 2 is 2.06 bits per heavy atom. The zero-order chi connectivity index (χ0) is 21.9. The lowest BCUT2D eigenvalue weighted by atomic mass is 10.1. The fourth-order valence-electron chi connectivity index (χ4n) is 3.85. The molecule has 5 heterocycles. The molecule has 4 aromatic heterocycles. The van der Waals surface area contributed by atoms with Crippen LogP contribution in [0.15, 0.2) is 37.1 Å². The van der Waals surface area contributed by atoms with Crippen molar-refractivity contribution in [3.05, 3.63) is 42.6 Å². The van der Waals surface area contributed by atoms with E-state index < -0.39 is 0 Å². The number of rotatable bonds is 6. The first-order valence-corrected chi connectivity index (χ1v) is 10.7. The van der Waals surface area contributed by atoms with Crippen molar-refractivity contribution in [2.45, 2.75) is 38.8 Å². The van der Waals surface area contributed by atoms with E-state index in [1.54, 1.807) is 18.6 Å². The van der Waals surface area contributed by atoms with E-state index in [2.05, 4.69) is 43.6 Å². The molecule has 162 valence electrons. The second kappa shape index (κ2) is 8.72. The Morgan fingerprint density at radius 1 is 1.19 bits per heavy atom. The smallest absolute Gasteiger partial charge is 0.165 e. The molecule has 1 N–H and O–H groups in total. The number of nitriles is 1. The molecular formula is C22H23N9O. The Labute approximate surface area is 184 Å². The Morgan fingerprint density at radius 3 is 2.88 bits per heavy atom. The van der Waals surface area contributed by atoms with Crippen LogP contribution in [0.4, 0.5) is 5.69 Å². The third kappa shape index (κ3) is 3.90. The highest BCUT2D eigenvalue weighted by Gasteiger charge is 2.19. The molecule has 5 rings (SSSR count). The number of hydrogen-bond donors (Lipinski definition) is 1. The zero-order valence-electron chi connectivity index (χ0n) is 17.8. The van der Waals surface area contributed by atoms with Crippen molar-refractivity contribution < 1.29 is 4.74 Å². The van der Waals surface area contributed by atoms with Gasteiger partial charge in [0.25, 0.3) is 0 Å². The van der Waals surface area contributed by atoms with Crippen LogP contribution in [-0.2, 0) is 11.3 Å². The summed E-state index contributed by atoms with van der Waals surface area (Å²) in [4.78, 5) is 13.5. The normalized spacial score (nSPS) is 14.5. The Kier molecular flexibility index (Phi) is 5.47. The summed E-state index contributed by atoms with van der Waals surface area (Å²) in [5, 5.41) is 21.4. The van der Waals surface area contributed by atoms with Crippen LogP contribution in [0.2, 0.25) is 0 Å². The average Bonchev–Trinajstić information content (AvgIpc) is 3.46. The van der Waals surface area contributed by atoms with E-state index in [4.69, 9.17) is 10.00 Å². The Balaban J connectivity index is 1.56. The fourth-order valence-corrected chi connectivity index (χ4v) is 3.85. The average molecular weight is 429 g/mol. The number of anilines is 1. The van der Waals surface area contributed by atoms with E-state index >= 15 is 0 Å². The molecule has 0 atom stereocenters. The summed E-state index contributed by atoms with van der Waals surface area (Å²) < 4.78 is 9.18. The van der Waals surface area contributed by atoms with Crippen molar-refractivity contribution in [1.82, 2.24) is 34.5 Å². The molecule has 1 aliphatic rings. The minimum Gasteiger partial charge on any atom is -0.381 e. The van der Waals surface area contributed by atoms with Crippen molar-refractivity contribution in [2.24, 2.45) is 0 Å². The Hall–Kier alpha value is -3.84. The molecule has 0 radical (unpaired) electrons. The standard InChI is InChI=1S/C22H23N9O/c1-2-5-30-13-20(28-29-30)17-12-24-21(9-18(17)27-16-3-6-32-7-4-16)31-14-26-19-8-15(10-23)11-25-22(19)31/h8-9,11-14,16H,2-7H2,1H3,(H,24,27). The number of hydrogen-bond acceptors (Lipinski definition) is 8. The Bertz CT molecular complexity index is 1280. The molecule has 0 bridgehead atoms. The third-order valence-corrected chi connectivity index (χ3v) is 5.50. The molecule has 32 heavy (non-hydrogen) atoms. The molecule has 10 nitrogen and oxygen atoms in total. The summed E-state index contributed by atoms with van der Waals surface area (Å²) >= 11 is 0. The second-order valence-corrected chi connectivity index (χ2v) is 7.78. The molecular weight excluding hydrogens is 406 g/mol. The van der Waals surface area contributed by atoms with Gasteiger partial charge in [0.15, 0.2) is 5.65 Å². The molecule has 0 aliphatic carbocycles. The SMILES string of the molecule is CCCn1cc(-c2cnc(-n3cnc4cc(C#N)cnc43)cc2NC2CCOCC2)nn1. The van der Waals surface area contributed by atoms with Crippen LogP contribution in [0.25, 0.3) is 28.2 Å². The van der Waals surface area contributed by atoms with Crippen LogP contribution in [0, 0.1) is 11.3 Å². The first kappa shape index (κ1) is 20.1. The van der Waals surface area contributed by atoms with Crippen LogP contribution in [0.5, 0.6) is 0 Å². The van der Waals surface area contributed by atoms with E-state index in [0.717, 1.165) is 56.0 Å². The van der Waals surface area contributed by atoms with Crippen molar-refractivity contribution in [1.29, 1.82) is 5.26 Å². The summed E-state index contributed by atoms with van der Waals surface area (Å²) in [6, 6.07) is 6.12. The van der Waals surface area contributed by atoms with Crippen molar-refractivity contribution in [3.63, 3.8) is 0 Å². The third-order valence-electron chi connectivity index (χ3n) is 5.50. The van der Waals surface area contributed by atoms with E-state index in [0.29, 0.717) is 28.6 Å². The van der Waals surface area contributed by atoms with E-state index in [1.807, 2.05) is 27.7 Å². The maximum Gasteiger partial charge on any atom is 0.165 e. The number of nitrogens with one attached hydrogen (secondary N) is 1. The number of pyridine rings is 2. The molecule has 0 unspecified atom stereocenters. The largest absolute Gasteiger partial charge is 0.381 e. The monoisotopic (exact) mass is 429 g/mol. The molecule has 0 aromatic carbocycles. The van der Waals surface area contributed by atoms with Crippen LogP contribution in [-0.4, -0.2) is 53.8 Å². The fraction of sp³-hybridized carbons (Fsp3) is 0.364. The molecule has 10 heteroatoms. The number of imidazole rings is 1. The summed E-state index contributed by atoms with van der Waals surface area (Å²) in [7, 11) is 0. The first-order valence-electron chi connectivity index (χ1n) is 10.7. The summed E-state index contributed by atoms with van der Waals surface area (Å²) in [5.74, 6) is 0.684. The summed E-state index contributed by atoms with van der Waals surface area (Å²) in [5.41, 5.74) is 4.38. The van der Waals surface area contributed by atoms with Crippen LogP contribution in [0.3, 0.4) is 0 Å². The highest BCUT2D eigenvalue weighted by molar-refractivity contribution is 5.78. The van der Waals surface area contributed by atoms with E-state index in [1.165, 1.54) is 0 Å². The van der Waals surface area contributed by atoms with Crippen LogP contribution >= 0.6 is 0 Å². The maximum absolute atomic E-state index is 9.12. The first-order chi connectivity index (χ1) is 15.7.